The molecule has 0 atom stereocenters. The zero-order valence-corrected chi connectivity index (χ0v) is 11.2. The molecular formula is C13H17N3OS. The first-order chi connectivity index (χ1) is 8.70. The molecule has 1 saturated heterocycles. The van der Waals surface area contributed by atoms with Crippen molar-refractivity contribution < 1.29 is 4.79 Å². The minimum absolute atomic E-state index is 0.220. The molecule has 1 aliphatic rings. The average molecular weight is 263 g/mol. The summed E-state index contributed by atoms with van der Waals surface area (Å²) in [6.07, 6.45) is 1.62. The highest BCUT2D eigenvalue weighted by Crippen LogP contribution is 2.21. The van der Waals surface area contributed by atoms with Crippen molar-refractivity contribution in [2.24, 2.45) is 0 Å². The Morgan fingerprint density at radius 3 is 2.67 bits per heavy atom. The van der Waals surface area contributed by atoms with E-state index in [0.29, 0.717) is 18.1 Å². The van der Waals surface area contributed by atoms with Crippen molar-refractivity contribution in [2.45, 2.75) is 19.4 Å². The Kier molecular flexibility index (Phi) is 4.15. The smallest absolute Gasteiger partial charge is 0.227 e. The van der Waals surface area contributed by atoms with Crippen LogP contribution in [0.25, 0.3) is 0 Å². The number of anilines is 1. The number of nitrogens with zero attached hydrogens (tertiary/aromatic N) is 1. The largest absolute Gasteiger partial charge is 0.366 e. The molecule has 0 saturated carbocycles. The lowest BCUT2D eigenvalue weighted by Gasteiger charge is -2.16. The minimum Gasteiger partial charge on any atom is -0.366 e. The predicted octanol–water partition coefficient (Wildman–Crippen LogP) is 1.41. The molecule has 0 radical (unpaired) electrons. The maximum atomic E-state index is 11.6. The van der Waals surface area contributed by atoms with Gasteiger partial charge in [0.1, 0.15) is 0 Å². The second-order valence-corrected chi connectivity index (χ2v) is 4.66. The van der Waals surface area contributed by atoms with Crippen molar-refractivity contribution in [1.29, 1.82) is 0 Å². The predicted molar refractivity (Wildman–Crippen MR) is 76.5 cm³/mol. The lowest BCUT2D eigenvalue weighted by atomic mass is 10.2. The van der Waals surface area contributed by atoms with Gasteiger partial charge in [-0.25, -0.2) is 0 Å². The van der Waals surface area contributed by atoms with E-state index in [2.05, 4.69) is 10.6 Å². The number of amides is 1. The van der Waals surface area contributed by atoms with Gasteiger partial charge in [-0.3, -0.25) is 4.79 Å². The van der Waals surface area contributed by atoms with E-state index in [9.17, 15) is 4.79 Å². The number of benzene rings is 1. The first kappa shape index (κ1) is 12.8. The summed E-state index contributed by atoms with van der Waals surface area (Å²) >= 11 is 5.01. The maximum Gasteiger partial charge on any atom is 0.227 e. The second-order valence-electron chi connectivity index (χ2n) is 4.25. The number of hydrogen-bond donors (Lipinski definition) is 2. The number of thiocarbonyl (C=S) groups is 1. The fourth-order valence-corrected chi connectivity index (χ4v) is 2.06. The van der Waals surface area contributed by atoms with Crippen LogP contribution in [0.3, 0.4) is 0 Å². The normalized spacial score (nSPS) is 14.7. The third-order valence-corrected chi connectivity index (χ3v) is 3.35. The molecule has 0 spiro atoms. The van der Waals surface area contributed by atoms with Gasteiger partial charge in [0, 0.05) is 32.2 Å². The van der Waals surface area contributed by atoms with E-state index >= 15 is 0 Å². The van der Waals surface area contributed by atoms with Crippen molar-refractivity contribution in [1.82, 2.24) is 10.6 Å². The van der Waals surface area contributed by atoms with Gasteiger partial charge in [-0.15, -0.1) is 0 Å². The summed E-state index contributed by atoms with van der Waals surface area (Å²) < 4.78 is 0. The quantitative estimate of drug-likeness (QED) is 0.809. The van der Waals surface area contributed by atoms with Crippen LogP contribution in [0.1, 0.15) is 18.4 Å². The van der Waals surface area contributed by atoms with Gasteiger partial charge in [0.2, 0.25) is 5.91 Å². The molecule has 5 heteroatoms. The van der Waals surface area contributed by atoms with Gasteiger partial charge in [0.15, 0.2) is 5.11 Å². The van der Waals surface area contributed by atoms with Crippen LogP contribution in [-0.2, 0) is 11.3 Å². The number of hydrogen-bond acceptors (Lipinski definition) is 2. The molecule has 1 aromatic carbocycles. The number of carbonyl (C=O) groups excluding carboxylic acids is 1. The molecule has 1 heterocycles. The number of rotatable bonds is 3. The Bertz CT molecular complexity index is 444. The molecule has 2 N–H and O–H groups in total. The maximum absolute atomic E-state index is 11.6. The molecule has 0 bridgehead atoms. The number of nitrogens with one attached hydrogen (secondary N) is 2. The van der Waals surface area contributed by atoms with Gasteiger partial charge < -0.3 is 15.5 Å². The van der Waals surface area contributed by atoms with Crippen LogP contribution in [-0.4, -0.2) is 24.6 Å². The van der Waals surface area contributed by atoms with Crippen molar-refractivity contribution >= 4 is 28.9 Å². The van der Waals surface area contributed by atoms with E-state index in [-0.39, 0.29) is 5.91 Å². The van der Waals surface area contributed by atoms with Crippen LogP contribution < -0.4 is 15.5 Å². The van der Waals surface area contributed by atoms with Crippen molar-refractivity contribution in [2.75, 3.05) is 18.5 Å². The molecule has 0 unspecified atom stereocenters. The topological polar surface area (TPSA) is 44.4 Å². The van der Waals surface area contributed by atoms with Crippen LogP contribution >= 0.6 is 12.2 Å². The summed E-state index contributed by atoms with van der Waals surface area (Å²) in [5, 5.41) is 6.58. The van der Waals surface area contributed by atoms with Crippen LogP contribution in [0, 0.1) is 0 Å². The van der Waals surface area contributed by atoms with Crippen LogP contribution in [0.5, 0.6) is 0 Å². The summed E-state index contributed by atoms with van der Waals surface area (Å²) in [6.45, 7) is 1.52. The van der Waals surface area contributed by atoms with Crippen LogP contribution in [0.2, 0.25) is 0 Å². The van der Waals surface area contributed by atoms with E-state index in [4.69, 9.17) is 12.2 Å². The van der Waals surface area contributed by atoms with E-state index in [1.165, 1.54) is 0 Å². The Labute approximate surface area is 112 Å². The van der Waals surface area contributed by atoms with Crippen molar-refractivity contribution in [3.05, 3.63) is 29.8 Å². The lowest BCUT2D eigenvalue weighted by molar-refractivity contribution is -0.117. The van der Waals surface area contributed by atoms with Crippen molar-refractivity contribution in [3.63, 3.8) is 0 Å². The molecular weight excluding hydrogens is 246 g/mol. The summed E-state index contributed by atoms with van der Waals surface area (Å²) in [5.74, 6) is 0.220. The molecule has 18 heavy (non-hydrogen) atoms. The molecule has 1 amide bonds. The van der Waals surface area contributed by atoms with E-state index < -0.39 is 0 Å². The van der Waals surface area contributed by atoms with Gasteiger partial charge in [-0.05, 0) is 36.3 Å². The summed E-state index contributed by atoms with van der Waals surface area (Å²) in [7, 11) is 1.79. The Morgan fingerprint density at radius 1 is 1.39 bits per heavy atom. The van der Waals surface area contributed by atoms with Gasteiger partial charge in [0.05, 0.1) is 0 Å². The standard InChI is InChI=1S/C13H17N3OS/c1-14-13(18)15-9-10-4-6-11(7-5-10)16-8-2-3-12(16)17/h4-7H,2-3,8-9H2,1H3,(H2,14,15,18). The fourth-order valence-electron chi connectivity index (χ4n) is 1.99. The van der Waals surface area contributed by atoms with E-state index in [0.717, 1.165) is 24.2 Å². The zero-order valence-electron chi connectivity index (χ0n) is 10.4. The first-order valence-corrected chi connectivity index (χ1v) is 6.46. The third-order valence-electron chi connectivity index (χ3n) is 3.00. The van der Waals surface area contributed by atoms with Crippen LogP contribution in [0.4, 0.5) is 5.69 Å². The Balaban J connectivity index is 1.97. The lowest BCUT2D eigenvalue weighted by Crippen LogP contribution is -2.31. The molecule has 1 fully saturated rings. The molecule has 1 aliphatic heterocycles. The van der Waals surface area contributed by atoms with Gasteiger partial charge in [0.25, 0.3) is 0 Å². The highest BCUT2D eigenvalue weighted by atomic mass is 32.1. The minimum atomic E-state index is 0.220. The monoisotopic (exact) mass is 263 g/mol. The summed E-state index contributed by atoms with van der Waals surface area (Å²) in [5.41, 5.74) is 2.13. The molecule has 1 aromatic rings. The van der Waals surface area contributed by atoms with Crippen molar-refractivity contribution in [3.8, 4) is 0 Å². The Hall–Kier alpha value is -1.62. The molecule has 2 rings (SSSR count). The first-order valence-electron chi connectivity index (χ1n) is 6.05. The molecule has 0 aliphatic carbocycles. The van der Waals surface area contributed by atoms with Crippen LogP contribution in [0.15, 0.2) is 24.3 Å². The fraction of sp³-hybridized carbons (Fsp3) is 0.385. The third kappa shape index (κ3) is 2.98. The van der Waals surface area contributed by atoms with E-state index in [1.807, 2.05) is 29.2 Å². The highest BCUT2D eigenvalue weighted by Gasteiger charge is 2.21. The number of carbonyl (C=O) groups is 1. The average Bonchev–Trinajstić information content (AvgIpc) is 2.83. The van der Waals surface area contributed by atoms with Gasteiger partial charge in [-0.1, -0.05) is 12.1 Å². The molecule has 4 nitrogen and oxygen atoms in total. The van der Waals surface area contributed by atoms with Gasteiger partial charge in [-0.2, -0.15) is 0 Å². The highest BCUT2D eigenvalue weighted by molar-refractivity contribution is 7.80. The van der Waals surface area contributed by atoms with Gasteiger partial charge >= 0.3 is 0 Å². The molecule has 96 valence electrons. The Morgan fingerprint density at radius 2 is 2.11 bits per heavy atom. The summed E-state index contributed by atoms with van der Waals surface area (Å²) in [4.78, 5) is 13.4. The van der Waals surface area contributed by atoms with E-state index in [1.54, 1.807) is 7.05 Å². The second kappa shape index (κ2) is 5.82. The summed E-state index contributed by atoms with van der Waals surface area (Å²) in [6, 6.07) is 8.02. The zero-order chi connectivity index (χ0) is 13.0. The SMILES string of the molecule is CNC(=S)NCc1ccc(N2CCCC2=O)cc1. The molecule has 0 aromatic heterocycles.